The van der Waals surface area contributed by atoms with Crippen molar-refractivity contribution < 1.29 is 0 Å². The Morgan fingerprint density at radius 2 is 2.05 bits per heavy atom. The van der Waals surface area contributed by atoms with Gasteiger partial charge in [-0.1, -0.05) is 34.1 Å². The summed E-state index contributed by atoms with van der Waals surface area (Å²) >= 11 is 6.92. The van der Waals surface area contributed by atoms with Gasteiger partial charge in [0, 0.05) is 12.5 Å². The standard InChI is InChI=1S/C13H20N4S2/c1-6-7-8-9(10-15-16-12(18)17(10)5)19-11(14-8)13(2,3)4/h6-7H2,1-5H3,(H,16,18). The van der Waals surface area contributed by atoms with Gasteiger partial charge in [0.15, 0.2) is 10.6 Å². The molecule has 0 radical (unpaired) electrons. The molecular formula is C13H20N4S2. The second kappa shape index (κ2) is 5.17. The summed E-state index contributed by atoms with van der Waals surface area (Å²) in [5.74, 6) is 0.890. The number of thiazole rings is 1. The van der Waals surface area contributed by atoms with Crippen LogP contribution in [0.5, 0.6) is 0 Å². The zero-order chi connectivity index (χ0) is 14.2. The van der Waals surface area contributed by atoms with E-state index in [1.807, 2.05) is 11.6 Å². The second-order valence-electron chi connectivity index (χ2n) is 5.71. The Morgan fingerprint density at radius 3 is 2.53 bits per heavy atom. The molecule has 1 N–H and O–H groups in total. The van der Waals surface area contributed by atoms with Gasteiger partial charge in [0.05, 0.1) is 15.6 Å². The van der Waals surface area contributed by atoms with E-state index in [0.29, 0.717) is 4.77 Å². The first kappa shape index (κ1) is 14.4. The molecule has 0 aliphatic carbocycles. The highest BCUT2D eigenvalue weighted by molar-refractivity contribution is 7.71. The number of nitrogens with one attached hydrogen (secondary N) is 1. The molecule has 2 heterocycles. The number of nitrogens with zero attached hydrogens (tertiary/aromatic N) is 3. The topological polar surface area (TPSA) is 46.5 Å². The van der Waals surface area contributed by atoms with Crippen molar-refractivity contribution in [3.05, 3.63) is 15.5 Å². The first-order valence-electron chi connectivity index (χ1n) is 6.46. The maximum atomic E-state index is 5.19. The lowest BCUT2D eigenvalue weighted by molar-refractivity contribution is 0.582. The molecule has 4 nitrogen and oxygen atoms in total. The van der Waals surface area contributed by atoms with E-state index in [9.17, 15) is 0 Å². The molecule has 0 aliphatic heterocycles. The largest absolute Gasteiger partial charge is 0.303 e. The van der Waals surface area contributed by atoms with Crippen molar-refractivity contribution in [2.75, 3.05) is 0 Å². The number of hydrogen-bond donors (Lipinski definition) is 1. The third kappa shape index (κ3) is 2.79. The van der Waals surface area contributed by atoms with E-state index < -0.39 is 0 Å². The maximum absolute atomic E-state index is 5.19. The fourth-order valence-electron chi connectivity index (χ4n) is 1.80. The average Bonchev–Trinajstić information content (AvgIpc) is 2.85. The maximum Gasteiger partial charge on any atom is 0.195 e. The van der Waals surface area contributed by atoms with Crippen molar-refractivity contribution in [1.29, 1.82) is 0 Å². The van der Waals surface area contributed by atoms with Gasteiger partial charge in [0.1, 0.15) is 0 Å². The Bertz CT molecular complexity index is 628. The molecule has 2 aromatic rings. The Balaban J connectivity index is 2.58. The van der Waals surface area contributed by atoms with E-state index >= 15 is 0 Å². The van der Waals surface area contributed by atoms with Crippen molar-refractivity contribution >= 4 is 23.6 Å². The molecule has 0 aromatic carbocycles. The number of aromatic amines is 1. The minimum atomic E-state index is 0.0665. The fraction of sp³-hybridized carbons (Fsp3) is 0.615. The van der Waals surface area contributed by atoms with Crippen LogP contribution in [0.2, 0.25) is 0 Å². The SMILES string of the molecule is CCCc1nc(C(C)(C)C)sc1-c1n[nH]c(=S)n1C. The van der Waals surface area contributed by atoms with Gasteiger partial charge < -0.3 is 4.57 Å². The van der Waals surface area contributed by atoms with Crippen LogP contribution in [-0.4, -0.2) is 19.7 Å². The van der Waals surface area contributed by atoms with E-state index in [0.717, 1.165) is 34.2 Å². The lowest BCUT2D eigenvalue weighted by Crippen LogP contribution is -2.10. The van der Waals surface area contributed by atoms with Gasteiger partial charge in [0.2, 0.25) is 0 Å². The van der Waals surface area contributed by atoms with Gasteiger partial charge in [0.25, 0.3) is 0 Å². The van der Waals surface area contributed by atoms with Crippen LogP contribution < -0.4 is 0 Å². The molecule has 6 heteroatoms. The van der Waals surface area contributed by atoms with Crippen molar-refractivity contribution in [3.8, 4) is 10.7 Å². The number of aromatic nitrogens is 4. The van der Waals surface area contributed by atoms with E-state index in [1.165, 1.54) is 0 Å². The molecule has 0 saturated carbocycles. The van der Waals surface area contributed by atoms with Crippen LogP contribution in [0.3, 0.4) is 0 Å². The summed E-state index contributed by atoms with van der Waals surface area (Å²) in [5.41, 5.74) is 1.20. The molecular weight excluding hydrogens is 276 g/mol. The fourth-order valence-corrected chi connectivity index (χ4v) is 3.13. The Labute approximate surface area is 122 Å². The predicted octanol–water partition coefficient (Wildman–Crippen LogP) is 3.85. The lowest BCUT2D eigenvalue weighted by atomic mass is 9.98. The van der Waals surface area contributed by atoms with E-state index in [-0.39, 0.29) is 5.41 Å². The summed E-state index contributed by atoms with van der Waals surface area (Å²) in [5, 5.41) is 8.34. The second-order valence-corrected chi connectivity index (χ2v) is 7.09. The zero-order valence-electron chi connectivity index (χ0n) is 12.1. The Hall–Kier alpha value is -1.01. The summed E-state index contributed by atoms with van der Waals surface area (Å²) in [6.45, 7) is 8.74. The van der Waals surface area contributed by atoms with Gasteiger partial charge in [-0.25, -0.2) is 4.98 Å². The molecule has 2 rings (SSSR count). The monoisotopic (exact) mass is 296 g/mol. The highest BCUT2D eigenvalue weighted by Gasteiger charge is 2.23. The summed E-state index contributed by atoms with van der Waals surface area (Å²) in [7, 11) is 1.94. The summed E-state index contributed by atoms with van der Waals surface area (Å²) in [6.07, 6.45) is 2.05. The van der Waals surface area contributed by atoms with Gasteiger partial charge in [-0.15, -0.1) is 11.3 Å². The molecule has 0 saturated heterocycles. The Morgan fingerprint density at radius 1 is 1.37 bits per heavy atom. The molecule has 19 heavy (non-hydrogen) atoms. The highest BCUT2D eigenvalue weighted by atomic mass is 32.1. The van der Waals surface area contributed by atoms with Crippen molar-refractivity contribution in [2.45, 2.75) is 46.0 Å². The van der Waals surface area contributed by atoms with Gasteiger partial charge in [-0.2, -0.15) is 5.10 Å². The van der Waals surface area contributed by atoms with Gasteiger partial charge >= 0.3 is 0 Å². The molecule has 0 atom stereocenters. The summed E-state index contributed by atoms with van der Waals surface area (Å²) < 4.78 is 2.55. The van der Waals surface area contributed by atoms with Crippen LogP contribution in [0.15, 0.2) is 0 Å². The third-order valence-corrected chi connectivity index (χ3v) is 4.79. The quantitative estimate of drug-likeness (QED) is 0.875. The van der Waals surface area contributed by atoms with Crippen molar-refractivity contribution in [3.63, 3.8) is 0 Å². The molecule has 104 valence electrons. The molecule has 0 fully saturated rings. The van der Waals surface area contributed by atoms with Crippen LogP contribution in [0.25, 0.3) is 10.7 Å². The minimum Gasteiger partial charge on any atom is -0.303 e. The summed E-state index contributed by atoms with van der Waals surface area (Å²) in [6, 6.07) is 0. The lowest BCUT2D eigenvalue weighted by Gasteiger charge is -2.13. The predicted molar refractivity (Wildman–Crippen MR) is 82.2 cm³/mol. The highest BCUT2D eigenvalue weighted by Crippen LogP contribution is 2.35. The molecule has 0 spiro atoms. The van der Waals surface area contributed by atoms with Crippen LogP contribution in [0.4, 0.5) is 0 Å². The first-order valence-corrected chi connectivity index (χ1v) is 7.69. The van der Waals surface area contributed by atoms with Gasteiger partial charge in [-0.3, -0.25) is 5.10 Å². The minimum absolute atomic E-state index is 0.0665. The van der Waals surface area contributed by atoms with E-state index in [1.54, 1.807) is 11.3 Å². The van der Waals surface area contributed by atoms with Gasteiger partial charge in [-0.05, 0) is 18.6 Å². The molecule has 0 bridgehead atoms. The smallest absolute Gasteiger partial charge is 0.195 e. The van der Waals surface area contributed by atoms with E-state index in [2.05, 4.69) is 37.9 Å². The van der Waals surface area contributed by atoms with Crippen LogP contribution >= 0.6 is 23.6 Å². The number of H-pyrrole nitrogens is 1. The average molecular weight is 296 g/mol. The Kier molecular flexibility index (Phi) is 3.92. The van der Waals surface area contributed by atoms with Crippen LogP contribution in [0, 0.1) is 4.77 Å². The van der Waals surface area contributed by atoms with E-state index in [4.69, 9.17) is 17.2 Å². The number of rotatable bonds is 3. The van der Waals surface area contributed by atoms with Crippen LogP contribution in [-0.2, 0) is 18.9 Å². The van der Waals surface area contributed by atoms with Crippen molar-refractivity contribution in [2.24, 2.45) is 7.05 Å². The molecule has 0 unspecified atom stereocenters. The third-order valence-electron chi connectivity index (χ3n) is 2.91. The first-order chi connectivity index (χ1) is 8.84. The number of hydrogen-bond acceptors (Lipinski definition) is 4. The normalized spacial score (nSPS) is 12.1. The van der Waals surface area contributed by atoms with Crippen molar-refractivity contribution in [1.82, 2.24) is 19.7 Å². The zero-order valence-corrected chi connectivity index (χ0v) is 13.7. The summed E-state index contributed by atoms with van der Waals surface area (Å²) in [4.78, 5) is 5.96. The van der Waals surface area contributed by atoms with Crippen LogP contribution in [0.1, 0.15) is 44.8 Å². The molecule has 2 aromatic heterocycles. The molecule has 0 aliphatic rings. The molecule has 0 amide bonds. The number of aryl methyl sites for hydroxylation is 1.